The topological polar surface area (TPSA) is 76.1 Å². The molecular formula is C20H21NO5. The minimum atomic E-state index is -0.999. The van der Waals surface area contributed by atoms with E-state index in [4.69, 9.17) is 9.47 Å². The fourth-order valence-corrected chi connectivity index (χ4v) is 4.58. The molecule has 2 bridgehead atoms. The standard InChI is InChI=1S/C20H21NO5/c1-11(2)9-15-20-8-7-14(26-20)16(19(23)24)17(20)18(22)21(15)12-5-4-6-13(10-12)25-3/h4-8,10,14-17H,1,9H2,2-3H3,(H,23,24)/t14-,15-,16+,17-,20+/m1/s1. The number of methoxy groups -OCH3 is 1. The molecule has 0 radical (unpaired) electrons. The Morgan fingerprint density at radius 2 is 2.23 bits per heavy atom. The molecule has 1 aromatic rings. The second-order valence-corrected chi connectivity index (χ2v) is 7.22. The number of hydrogen-bond donors (Lipinski definition) is 1. The maximum atomic E-state index is 13.4. The van der Waals surface area contributed by atoms with Crippen molar-refractivity contribution in [2.45, 2.75) is 31.1 Å². The molecule has 136 valence electrons. The van der Waals surface area contributed by atoms with Crippen LogP contribution in [0, 0.1) is 11.8 Å². The van der Waals surface area contributed by atoms with Gasteiger partial charge in [0.25, 0.3) is 0 Å². The van der Waals surface area contributed by atoms with Crippen molar-refractivity contribution >= 4 is 17.6 Å². The second kappa shape index (κ2) is 5.71. The monoisotopic (exact) mass is 355 g/mol. The van der Waals surface area contributed by atoms with E-state index in [1.807, 2.05) is 25.1 Å². The average molecular weight is 355 g/mol. The molecular weight excluding hydrogens is 334 g/mol. The Morgan fingerprint density at radius 1 is 1.46 bits per heavy atom. The molecule has 0 aromatic heterocycles. The maximum Gasteiger partial charge on any atom is 0.310 e. The molecule has 0 unspecified atom stereocenters. The van der Waals surface area contributed by atoms with Crippen molar-refractivity contribution < 1.29 is 24.2 Å². The van der Waals surface area contributed by atoms with E-state index in [1.54, 1.807) is 30.2 Å². The quantitative estimate of drug-likeness (QED) is 0.821. The highest BCUT2D eigenvalue weighted by atomic mass is 16.5. The number of carboxylic acids is 1. The molecule has 6 nitrogen and oxygen atoms in total. The number of anilines is 1. The largest absolute Gasteiger partial charge is 0.497 e. The molecule has 1 N–H and O–H groups in total. The number of benzene rings is 1. The van der Waals surface area contributed by atoms with Gasteiger partial charge in [0, 0.05) is 11.8 Å². The summed E-state index contributed by atoms with van der Waals surface area (Å²) < 4.78 is 11.4. The number of amides is 1. The van der Waals surface area contributed by atoms with Gasteiger partial charge < -0.3 is 19.5 Å². The van der Waals surface area contributed by atoms with Crippen molar-refractivity contribution in [1.29, 1.82) is 0 Å². The van der Waals surface area contributed by atoms with Crippen LogP contribution in [0.1, 0.15) is 13.3 Å². The molecule has 3 aliphatic rings. The van der Waals surface area contributed by atoms with Gasteiger partial charge in [-0.1, -0.05) is 23.8 Å². The lowest BCUT2D eigenvalue weighted by atomic mass is 9.74. The molecule has 3 aliphatic heterocycles. The van der Waals surface area contributed by atoms with Crippen molar-refractivity contribution in [3.63, 3.8) is 0 Å². The first-order valence-corrected chi connectivity index (χ1v) is 8.60. The van der Waals surface area contributed by atoms with E-state index in [0.717, 1.165) is 5.57 Å². The van der Waals surface area contributed by atoms with Gasteiger partial charge in [-0.15, -0.1) is 6.58 Å². The van der Waals surface area contributed by atoms with E-state index in [0.29, 0.717) is 17.9 Å². The molecule has 26 heavy (non-hydrogen) atoms. The van der Waals surface area contributed by atoms with E-state index < -0.39 is 29.5 Å². The summed E-state index contributed by atoms with van der Waals surface area (Å²) >= 11 is 0. The van der Waals surface area contributed by atoms with Crippen LogP contribution >= 0.6 is 0 Å². The van der Waals surface area contributed by atoms with Crippen LogP contribution in [0.2, 0.25) is 0 Å². The first-order valence-electron chi connectivity index (χ1n) is 8.60. The third-order valence-corrected chi connectivity index (χ3v) is 5.58. The van der Waals surface area contributed by atoms with Crippen LogP contribution in [0.3, 0.4) is 0 Å². The highest BCUT2D eigenvalue weighted by molar-refractivity contribution is 6.03. The number of carbonyl (C=O) groups is 2. The fourth-order valence-electron chi connectivity index (χ4n) is 4.58. The Kier molecular flexibility index (Phi) is 3.70. The highest BCUT2D eigenvalue weighted by Gasteiger charge is 2.71. The van der Waals surface area contributed by atoms with Crippen molar-refractivity contribution in [2.75, 3.05) is 12.0 Å². The van der Waals surface area contributed by atoms with Crippen molar-refractivity contribution in [2.24, 2.45) is 11.8 Å². The number of hydrogen-bond acceptors (Lipinski definition) is 4. The summed E-state index contributed by atoms with van der Waals surface area (Å²) in [4.78, 5) is 26.9. The minimum absolute atomic E-state index is 0.219. The molecule has 2 saturated heterocycles. The normalized spacial score (nSPS) is 34.2. The number of ether oxygens (including phenoxy) is 2. The number of fused-ring (bicyclic) bond motifs is 1. The Bertz CT molecular complexity index is 831. The van der Waals surface area contributed by atoms with Gasteiger partial charge >= 0.3 is 5.97 Å². The summed E-state index contributed by atoms with van der Waals surface area (Å²) in [5.41, 5.74) is 0.659. The van der Waals surface area contributed by atoms with Gasteiger partial charge in [0.2, 0.25) is 5.91 Å². The van der Waals surface area contributed by atoms with Gasteiger partial charge in [0.05, 0.1) is 25.2 Å². The molecule has 3 heterocycles. The molecule has 4 rings (SSSR count). The van der Waals surface area contributed by atoms with Gasteiger partial charge in [0.15, 0.2) is 0 Å². The summed E-state index contributed by atoms with van der Waals surface area (Å²) in [6.45, 7) is 5.89. The van der Waals surface area contributed by atoms with Crippen molar-refractivity contribution in [3.05, 3.63) is 48.6 Å². The molecule has 1 spiro atoms. The molecule has 0 aliphatic carbocycles. The average Bonchev–Trinajstić information content (AvgIpc) is 3.24. The van der Waals surface area contributed by atoms with Gasteiger partial charge in [-0.25, -0.2) is 0 Å². The van der Waals surface area contributed by atoms with Gasteiger partial charge in [0.1, 0.15) is 17.3 Å². The van der Waals surface area contributed by atoms with E-state index in [9.17, 15) is 14.7 Å². The van der Waals surface area contributed by atoms with E-state index in [1.165, 1.54) is 0 Å². The Balaban J connectivity index is 1.84. The lowest BCUT2D eigenvalue weighted by molar-refractivity contribution is -0.146. The van der Waals surface area contributed by atoms with Crippen LogP contribution in [0.25, 0.3) is 0 Å². The number of nitrogens with zero attached hydrogens (tertiary/aromatic N) is 1. The summed E-state index contributed by atoms with van der Waals surface area (Å²) in [5.74, 6) is -2.18. The molecule has 6 heteroatoms. The number of carbonyl (C=O) groups excluding carboxylic acids is 1. The second-order valence-electron chi connectivity index (χ2n) is 7.22. The third-order valence-electron chi connectivity index (χ3n) is 5.58. The SMILES string of the molecule is C=C(C)C[C@H]1N(c2cccc(OC)c2)C(=O)[C@H]2[C@@H](C(=O)O)[C@H]3C=C[C@@]21O3. The minimum Gasteiger partial charge on any atom is -0.497 e. The summed E-state index contributed by atoms with van der Waals surface area (Å²) in [5, 5.41) is 9.68. The molecule has 1 amide bonds. The van der Waals surface area contributed by atoms with Crippen LogP contribution in [0.4, 0.5) is 5.69 Å². The van der Waals surface area contributed by atoms with E-state index in [2.05, 4.69) is 6.58 Å². The Hall–Kier alpha value is -2.60. The Morgan fingerprint density at radius 3 is 2.88 bits per heavy atom. The predicted molar refractivity (Wildman–Crippen MR) is 95.1 cm³/mol. The molecule has 1 aromatic carbocycles. The van der Waals surface area contributed by atoms with Crippen LogP contribution in [0.15, 0.2) is 48.6 Å². The highest BCUT2D eigenvalue weighted by Crippen LogP contribution is 2.56. The first-order chi connectivity index (χ1) is 12.4. The third kappa shape index (κ3) is 2.15. The van der Waals surface area contributed by atoms with Crippen LogP contribution in [0.5, 0.6) is 5.75 Å². The van der Waals surface area contributed by atoms with Gasteiger partial charge in [-0.05, 0) is 25.5 Å². The van der Waals surface area contributed by atoms with Gasteiger partial charge in [-0.2, -0.15) is 0 Å². The molecule has 0 saturated carbocycles. The van der Waals surface area contributed by atoms with Crippen LogP contribution < -0.4 is 9.64 Å². The van der Waals surface area contributed by atoms with Crippen LogP contribution in [-0.4, -0.2) is 41.8 Å². The number of carboxylic acid groups (broad SMARTS) is 1. The lowest BCUT2D eigenvalue weighted by Gasteiger charge is -2.33. The van der Waals surface area contributed by atoms with Gasteiger partial charge in [-0.3, -0.25) is 9.59 Å². The van der Waals surface area contributed by atoms with Crippen LogP contribution in [-0.2, 0) is 14.3 Å². The molecule has 2 fully saturated rings. The molecule has 5 atom stereocenters. The zero-order valence-corrected chi connectivity index (χ0v) is 14.7. The number of aliphatic carboxylic acids is 1. The van der Waals surface area contributed by atoms with Crippen molar-refractivity contribution in [1.82, 2.24) is 0 Å². The van der Waals surface area contributed by atoms with Crippen molar-refractivity contribution in [3.8, 4) is 5.75 Å². The lowest BCUT2D eigenvalue weighted by Crippen LogP contribution is -2.45. The summed E-state index contributed by atoms with van der Waals surface area (Å²) in [6.07, 6.45) is 3.64. The predicted octanol–water partition coefficient (Wildman–Crippen LogP) is 2.40. The number of rotatable bonds is 5. The Labute approximate surface area is 151 Å². The zero-order chi connectivity index (χ0) is 18.6. The smallest absolute Gasteiger partial charge is 0.310 e. The van der Waals surface area contributed by atoms with E-state index in [-0.39, 0.29) is 11.9 Å². The zero-order valence-electron chi connectivity index (χ0n) is 14.7. The first kappa shape index (κ1) is 16.8. The summed E-state index contributed by atoms with van der Waals surface area (Å²) in [6, 6.07) is 6.89. The van der Waals surface area contributed by atoms with E-state index >= 15 is 0 Å². The fraction of sp³-hybridized carbons (Fsp3) is 0.400. The summed E-state index contributed by atoms with van der Waals surface area (Å²) in [7, 11) is 1.57. The maximum absolute atomic E-state index is 13.4.